The van der Waals surface area contributed by atoms with Gasteiger partial charge in [0.05, 0.1) is 5.69 Å². The third-order valence-corrected chi connectivity index (χ3v) is 2.57. The third kappa shape index (κ3) is 1.93. The standard InChI is InChI=1S/C9H13N2O2S/c1-4-13-9(3,6(2)12)7-5-14-8(10)11-7/h5H,3-4H2,1-2H3,(H2,10,11). The summed E-state index contributed by atoms with van der Waals surface area (Å²) in [5.41, 5.74) is 4.76. The van der Waals surface area contributed by atoms with Gasteiger partial charge in [-0.1, -0.05) is 0 Å². The summed E-state index contributed by atoms with van der Waals surface area (Å²) in [4.78, 5) is 15.4. The summed E-state index contributed by atoms with van der Waals surface area (Å²) in [6.07, 6.45) is 0. The minimum absolute atomic E-state index is 0.176. The smallest absolute Gasteiger partial charge is 0.180 e. The SMILES string of the molecule is [CH2]C(OCC)(C(C)=O)c1csc(N)n1. The van der Waals surface area contributed by atoms with Gasteiger partial charge < -0.3 is 10.5 Å². The summed E-state index contributed by atoms with van der Waals surface area (Å²) in [5, 5.41) is 2.10. The summed E-state index contributed by atoms with van der Waals surface area (Å²) < 4.78 is 5.32. The molecule has 1 heterocycles. The van der Waals surface area contributed by atoms with Crippen LogP contribution in [0.1, 0.15) is 19.5 Å². The number of rotatable bonds is 4. The molecule has 0 amide bonds. The second kappa shape index (κ2) is 4.06. The summed E-state index contributed by atoms with van der Waals surface area (Å²) >= 11 is 1.27. The Hall–Kier alpha value is -0.940. The average molecular weight is 213 g/mol. The number of nitrogen functional groups attached to an aromatic ring is 1. The van der Waals surface area contributed by atoms with E-state index in [0.717, 1.165) is 0 Å². The number of ketones is 1. The second-order valence-corrected chi connectivity index (χ2v) is 3.78. The number of nitrogens with zero attached hydrogens (tertiary/aromatic N) is 1. The second-order valence-electron chi connectivity index (χ2n) is 2.89. The van der Waals surface area contributed by atoms with Crippen molar-refractivity contribution in [1.82, 2.24) is 4.98 Å². The zero-order valence-electron chi connectivity index (χ0n) is 8.24. The highest BCUT2D eigenvalue weighted by molar-refractivity contribution is 7.13. The zero-order chi connectivity index (χ0) is 10.8. The molecule has 4 nitrogen and oxygen atoms in total. The van der Waals surface area contributed by atoms with Crippen LogP contribution in [0, 0.1) is 6.92 Å². The first-order valence-electron chi connectivity index (χ1n) is 4.22. The first kappa shape index (κ1) is 11.1. The molecule has 1 unspecified atom stereocenters. The first-order chi connectivity index (χ1) is 6.50. The predicted octanol–water partition coefficient (Wildman–Crippen LogP) is 1.38. The van der Waals surface area contributed by atoms with E-state index in [1.54, 1.807) is 12.3 Å². The van der Waals surface area contributed by atoms with E-state index in [0.29, 0.717) is 17.4 Å². The monoisotopic (exact) mass is 213 g/mol. The normalized spacial score (nSPS) is 15.1. The molecule has 14 heavy (non-hydrogen) atoms. The van der Waals surface area contributed by atoms with Crippen LogP contribution in [0.5, 0.6) is 0 Å². The van der Waals surface area contributed by atoms with E-state index in [2.05, 4.69) is 11.9 Å². The van der Waals surface area contributed by atoms with Crippen molar-refractivity contribution in [3.8, 4) is 0 Å². The minimum atomic E-state index is -1.21. The van der Waals surface area contributed by atoms with Crippen LogP contribution in [-0.2, 0) is 15.1 Å². The van der Waals surface area contributed by atoms with E-state index >= 15 is 0 Å². The number of hydrogen-bond acceptors (Lipinski definition) is 5. The van der Waals surface area contributed by atoms with E-state index in [9.17, 15) is 4.79 Å². The van der Waals surface area contributed by atoms with Crippen molar-refractivity contribution in [2.45, 2.75) is 19.4 Å². The van der Waals surface area contributed by atoms with Crippen molar-refractivity contribution in [2.24, 2.45) is 0 Å². The molecule has 1 atom stereocenters. The van der Waals surface area contributed by atoms with Crippen LogP contribution in [0.25, 0.3) is 0 Å². The van der Waals surface area contributed by atoms with Crippen molar-refractivity contribution in [1.29, 1.82) is 0 Å². The number of aromatic nitrogens is 1. The van der Waals surface area contributed by atoms with Gasteiger partial charge in [0.1, 0.15) is 0 Å². The van der Waals surface area contributed by atoms with Gasteiger partial charge in [-0.05, 0) is 20.8 Å². The molecule has 77 valence electrons. The fourth-order valence-corrected chi connectivity index (χ4v) is 1.70. The molecule has 5 heteroatoms. The minimum Gasteiger partial charge on any atom is -0.375 e. The molecule has 0 aliphatic rings. The maximum absolute atomic E-state index is 11.4. The van der Waals surface area contributed by atoms with E-state index in [1.165, 1.54) is 18.3 Å². The highest BCUT2D eigenvalue weighted by atomic mass is 32.1. The Labute approximate surface area is 87.1 Å². The van der Waals surface area contributed by atoms with Crippen molar-refractivity contribution >= 4 is 22.3 Å². The molecule has 0 bridgehead atoms. The fourth-order valence-electron chi connectivity index (χ4n) is 1.08. The molecule has 0 fully saturated rings. The Morgan fingerprint density at radius 2 is 2.50 bits per heavy atom. The highest BCUT2D eigenvalue weighted by Crippen LogP contribution is 2.28. The van der Waals surface area contributed by atoms with Crippen LogP contribution in [0.15, 0.2) is 5.38 Å². The number of hydrogen-bond donors (Lipinski definition) is 1. The van der Waals surface area contributed by atoms with Crippen LogP contribution >= 0.6 is 11.3 Å². The van der Waals surface area contributed by atoms with Gasteiger partial charge in [0.25, 0.3) is 0 Å². The molecular formula is C9H13N2O2S. The van der Waals surface area contributed by atoms with Crippen LogP contribution in [-0.4, -0.2) is 17.4 Å². The molecule has 0 aromatic carbocycles. The average Bonchev–Trinajstić information content (AvgIpc) is 2.52. The molecule has 0 saturated heterocycles. The Bertz CT molecular complexity index is 337. The third-order valence-electron chi connectivity index (χ3n) is 1.90. The van der Waals surface area contributed by atoms with Gasteiger partial charge in [-0.15, -0.1) is 11.3 Å². The molecule has 2 N–H and O–H groups in total. The molecule has 0 saturated carbocycles. The number of thiazole rings is 1. The quantitative estimate of drug-likeness (QED) is 0.820. The number of carbonyl (C=O) groups is 1. The highest BCUT2D eigenvalue weighted by Gasteiger charge is 2.35. The lowest BCUT2D eigenvalue weighted by atomic mass is 9.98. The lowest BCUT2D eigenvalue weighted by Gasteiger charge is -2.24. The van der Waals surface area contributed by atoms with Crippen LogP contribution in [0.2, 0.25) is 0 Å². The van der Waals surface area contributed by atoms with Crippen molar-refractivity contribution < 1.29 is 9.53 Å². The van der Waals surface area contributed by atoms with E-state index in [4.69, 9.17) is 10.5 Å². The number of carbonyl (C=O) groups excluding carboxylic acids is 1. The zero-order valence-corrected chi connectivity index (χ0v) is 9.06. The van der Waals surface area contributed by atoms with Gasteiger partial charge >= 0.3 is 0 Å². The molecule has 1 radical (unpaired) electrons. The van der Waals surface area contributed by atoms with Crippen LogP contribution < -0.4 is 5.73 Å². The Balaban J connectivity index is 3.05. The summed E-state index contributed by atoms with van der Waals surface area (Å²) in [6.45, 7) is 7.40. The Kier molecular flexibility index (Phi) is 3.23. The maximum atomic E-state index is 11.4. The maximum Gasteiger partial charge on any atom is 0.180 e. The molecule has 0 aliphatic heterocycles. The van der Waals surface area contributed by atoms with Crippen molar-refractivity contribution in [2.75, 3.05) is 12.3 Å². The number of Topliss-reactive ketones (excluding diaryl/α,β-unsaturated/α-hetero) is 1. The van der Waals surface area contributed by atoms with Gasteiger partial charge in [0.2, 0.25) is 0 Å². The van der Waals surface area contributed by atoms with E-state index in [-0.39, 0.29) is 5.78 Å². The lowest BCUT2D eigenvalue weighted by Crippen LogP contribution is -2.34. The predicted molar refractivity (Wildman–Crippen MR) is 55.9 cm³/mol. The summed E-state index contributed by atoms with van der Waals surface area (Å²) in [7, 11) is 0. The first-order valence-corrected chi connectivity index (χ1v) is 5.10. The fraction of sp³-hybridized carbons (Fsp3) is 0.444. The molecule has 0 aliphatic carbocycles. The van der Waals surface area contributed by atoms with Gasteiger partial charge in [-0.3, -0.25) is 4.79 Å². The van der Waals surface area contributed by atoms with Gasteiger partial charge in [-0.2, -0.15) is 0 Å². The largest absolute Gasteiger partial charge is 0.375 e. The molecular weight excluding hydrogens is 200 g/mol. The lowest BCUT2D eigenvalue weighted by molar-refractivity contribution is -0.137. The molecule has 0 spiro atoms. The number of ether oxygens (including phenoxy) is 1. The summed E-state index contributed by atoms with van der Waals surface area (Å²) in [5.74, 6) is -0.176. The van der Waals surface area contributed by atoms with Crippen molar-refractivity contribution in [3.63, 3.8) is 0 Å². The van der Waals surface area contributed by atoms with Gasteiger partial charge in [-0.25, -0.2) is 4.98 Å². The number of nitrogens with two attached hydrogens (primary N) is 1. The molecule has 1 rings (SSSR count). The van der Waals surface area contributed by atoms with E-state index < -0.39 is 5.60 Å². The topological polar surface area (TPSA) is 65.2 Å². The van der Waals surface area contributed by atoms with Gasteiger partial charge in [0, 0.05) is 12.0 Å². The van der Waals surface area contributed by atoms with Crippen LogP contribution in [0.3, 0.4) is 0 Å². The Morgan fingerprint density at radius 3 is 2.86 bits per heavy atom. The summed E-state index contributed by atoms with van der Waals surface area (Å²) in [6, 6.07) is 0. The van der Waals surface area contributed by atoms with Gasteiger partial charge in [0.15, 0.2) is 16.5 Å². The van der Waals surface area contributed by atoms with E-state index in [1.807, 2.05) is 0 Å². The van der Waals surface area contributed by atoms with Crippen molar-refractivity contribution in [3.05, 3.63) is 18.0 Å². The molecule has 1 aromatic rings. The Morgan fingerprint density at radius 1 is 1.86 bits per heavy atom. The van der Waals surface area contributed by atoms with Crippen LogP contribution in [0.4, 0.5) is 5.13 Å². The number of anilines is 1. The molecule has 1 aromatic heterocycles.